The third-order valence-corrected chi connectivity index (χ3v) is 3.37. The molecule has 0 aliphatic carbocycles. The number of hydrogen-bond acceptors (Lipinski definition) is 4. The van der Waals surface area contributed by atoms with Crippen LogP contribution in [0.2, 0.25) is 0 Å². The van der Waals surface area contributed by atoms with Crippen molar-refractivity contribution in [3.63, 3.8) is 0 Å². The lowest BCUT2D eigenvalue weighted by atomic mass is 9.95. The standard InChI is InChI=1S/C15H11NO4/c17-15-13-4-2-1-3-11(13)9-14(20-15)10-5-7-12(8-6-10)16(18)19/h1-8,14H,9H2/t14-/m1/s1. The van der Waals surface area contributed by atoms with Crippen molar-refractivity contribution in [2.75, 3.05) is 0 Å². The van der Waals surface area contributed by atoms with Crippen molar-refractivity contribution in [1.29, 1.82) is 0 Å². The predicted octanol–water partition coefficient (Wildman–Crippen LogP) is 3.05. The second-order valence-electron chi connectivity index (χ2n) is 4.60. The zero-order chi connectivity index (χ0) is 14.1. The molecule has 1 aliphatic heterocycles. The van der Waals surface area contributed by atoms with Crippen LogP contribution in [0.3, 0.4) is 0 Å². The van der Waals surface area contributed by atoms with Gasteiger partial charge in [-0.15, -0.1) is 0 Å². The summed E-state index contributed by atoms with van der Waals surface area (Å²) in [5.74, 6) is -0.352. The highest BCUT2D eigenvalue weighted by atomic mass is 16.6. The fraction of sp³-hybridized carbons (Fsp3) is 0.133. The zero-order valence-corrected chi connectivity index (χ0v) is 10.5. The topological polar surface area (TPSA) is 69.4 Å². The van der Waals surface area contributed by atoms with E-state index >= 15 is 0 Å². The highest BCUT2D eigenvalue weighted by Gasteiger charge is 2.27. The molecule has 20 heavy (non-hydrogen) atoms. The Balaban J connectivity index is 1.90. The summed E-state index contributed by atoms with van der Waals surface area (Å²) in [6.45, 7) is 0. The summed E-state index contributed by atoms with van der Waals surface area (Å²) in [4.78, 5) is 22.1. The zero-order valence-electron chi connectivity index (χ0n) is 10.5. The van der Waals surface area contributed by atoms with Crippen LogP contribution in [0.5, 0.6) is 0 Å². The number of non-ortho nitro benzene ring substituents is 1. The average Bonchev–Trinajstić information content (AvgIpc) is 2.47. The fourth-order valence-corrected chi connectivity index (χ4v) is 2.33. The number of nitrogens with zero attached hydrogens (tertiary/aromatic N) is 1. The van der Waals surface area contributed by atoms with Gasteiger partial charge in [0.05, 0.1) is 10.5 Å². The number of carbonyl (C=O) groups excluding carboxylic acids is 1. The van der Waals surface area contributed by atoms with Crippen LogP contribution >= 0.6 is 0 Å². The summed E-state index contributed by atoms with van der Waals surface area (Å²) in [7, 11) is 0. The van der Waals surface area contributed by atoms with E-state index in [2.05, 4.69) is 0 Å². The van der Waals surface area contributed by atoms with Gasteiger partial charge in [0.2, 0.25) is 0 Å². The Labute approximate surface area is 115 Å². The number of benzene rings is 2. The molecule has 0 saturated carbocycles. The van der Waals surface area contributed by atoms with Crippen LogP contribution in [0.1, 0.15) is 27.6 Å². The molecule has 2 aromatic carbocycles. The summed E-state index contributed by atoms with van der Waals surface area (Å²) < 4.78 is 5.39. The molecule has 0 spiro atoms. The smallest absolute Gasteiger partial charge is 0.339 e. The third kappa shape index (κ3) is 2.14. The molecule has 3 rings (SSSR count). The van der Waals surface area contributed by atoms with Crippen molar-refractivity contribution in [2.45, 2.75) is 12.5 Å². The van der Waals surface area contributed by atoms with Crippen LogP contribution in [0.4, 0.5) is 5.69 Å². The quantitative estimate of drug-likeness (QED) is 0.477. The second kappa shape index (κ2) is 4.77. The van der Waals surface area contributed by atoms with Gasteiger partial charge in [0.1, 0.15) is 6.10 Å². The van der Waals surface area contributed by atoms with Gasteiger partial charge in [0, 0.05) is 18.6 Å². The van der Waals surface area contributed by atoms with Crippen molar-refractivity contribution in [3.8, 4) is 0 Å². The SMILES string of the molecule is O=C1O[C@@H](c2ccc([N+](=O)[O-])cc2)Cc2ccccc21. The lowest BCUT2D eigenvalue weighted by Crippen LogP contribution is -2.21. The number of fused-ring (bicyclic) bond motifs is 1. The van der Waals surface area contributed by atoms with Crippen LogP contribution in [0, 0.1) is 10.1 Å². The second-order valence-corrected chi connectivity index (χ2v) is 4.60. The molecular weight excluding hydrogens is 258 g/mol. The van der Waals surface area contributed by atoms with E-state index in [0.29, 0.717) is 12.0 Å². The van der Waals surface area contributed by atoms with Crippen LogP contribution in [0.25, 0.3) is 0 Å². The van der Waals surface area contributed by atoms with Gasteiger partial charge in [-0.1, -0.05) is 18.2 Å². The lowest BCUT2D eigenvalue weighted by Gasteiger charge is -2.24. The Morgan fingerprint density at radius 3 is 2.50 bits per heavy atom. The molecule has 1 aliphatic rings. The first-order chi connectivity index (χ1) is 9.65. The van der Waals surface area contributed by atoms with Gasteiger partial charge in [-0.3, -0.25) is 10.1 Å². The fourth-order valence-electron chi connectivity index (χ4n) is 2.33. The maximum absolute atomic E-state index is 11.9. The van der Waals surface area contributed by atoms with Crippen LogP contribution in [-0.2, 0) is 11.2 Å². The van der Waals surface area contributed by atoms with E-state index in [-0.39, 0.29) is 11.7 Å². The molecule has 0 radical (unpaired) electrons. The maximum Gasteiger partial charge on any atom is 0.339 e. The molecule has 0 aromatic heterocycles. The molecule has 0 unspecified atom stereocenters. The van der Waals surface area contributed by atoms with Crippen molar-refractivity contribution >= 4 is 11.7 Å². The molecule has 0 fully saturated rings. The van der Waals surface area contributed by atoms with E-state index in [0.717, 1.165) is 11.1 Å². The Morgan fingerprint density at radius 2 is 1.80 bits per heavy atom. The van der Waals surface area contributed by atoms with E-state index in [4.69, 9.17) is 4.74 Å². The summed E-state index contributed by atoms with van der Waals surface area (Å²) in [6.07, 6.45) is 0.193. The minimum absolute atomic E-state index is 0.0243. The van der Waals surface area contributed by atoms with Crippen LogP contribution in [-0.4, -0.2) is 10.9 Å². The van der Waals surface area contributed by atoms with Crippen molar-refractivity contribution in [1.82, 2.24) is 0 Å². The molecule has 100 valence electrons. The molecule has 1 heterocycles. The molecule has 5 nitrogen and oxygen atoms in total. The van der Waals surface area contributed by atoms with E-state index in [9.17, 15) is 14.9 Å². The number of carbonyl (C=O) groups is 1. The normalized spacial score (nSPS) is 17.2. The Hall–Kier alpha value is -2.69. The number of hydrogen-bond donors (Lipinski definition) is 0. The molecule has 2 aromatic rings. The summed E-state index contributed by atoms with van der Waals surface area (Å²) in [5, 5.41) is 10.6. The molecule has 1 atom stereocenters. The predicted molar refractivity (Wildman–Crippen MR) is 71.4 cm³/mol. The highest BCUT2D eigenvalue weighted by Crippen LogP contribution is 2.31. The molecule has 0 bridgehead atoms. The average molecular weight is 269 g/mol. The Kier molecular flexibility index (Phi) is 2.95. The first-order valence-electron chi connectivity index (χ1n) is 6.18. The van der Waals surface area contributed by atoms with Crippen molar-refractivity contribution in [2.24, 2.45) is 0 Å². The first kappa shape index (κ1) is 12.3. The van der Waals surface area contributed by atoms with Gasteiger partial charge in [-0.25, -0.2) is 4.79 Å². The maximum atomic E-state index is 11.9. The van der Waals surface area contributed by atoms with Gasteiger partial charge >= 0.3 is 5.97 Å². The lowest BCUT2D eigenvalue weighted by molar-refractivity contribution is -0.384. The Bertz CT molecular complexity index is 679. The minimum atomic E-state index is -0.452. The molecule has 0 amide bonds. The third-order valence-electron chi connectivity index (χ3n) is 3.37. The van der Waals surface area contributed by atoms with E-state index < -0.39 is 11.0 Å². The number of esters is 1. The first-order valence-corrected chi connectivity index (χ1v) is 6.18. The number of cyclic esters (lactones) is 1. The molecular formula is C15H11NO4. The summed E-state index contributed by atoms with van der Waals surface area (Å²) >= 11 is 0. The van der Waals surface area contributed by atoms with Crippen LogP contribution in [0.15, 0.2) is 48.5 Å². The number of ether oxygens (including phenoxy) is 1. The number of nitro benzene ring substituents is 1. The van der Waals surface area contributed by atoms with Gasteiger partial charge in [-0.05, 0) is 29.3 Å². The van der Waals surface area contributed by atoms with Gasteiger partial charge < -0.3 is 4.74 Å². The minimum Gasteiger partial charge on any atom is -0.454 e. The van der Waals surface area contributed by atoms with E-state index in [1.807, 2.05) is 12.1 Å². The van der Waals surface area contributed by atoms with Crippen molar-refractivity contribution in [3.05, 3.63) is 75.3 Å². The van der Waals surface area contributed by atoms with Gasteiger partial charge in [0.15, 0.2) is 0 Å². The van der Waals surface area contributed by atoms with Gasteiger partial charge in [0.25, 0.3) is 5.69 Å². The monoisotopic (exact) mass is 269 g/mol. The Morgan fingerprint density at radius 1 is 1.10 bits per heavy atom. The van der Waals surface area contributed by atoms with E-state index in [1.165, 1.54) is 12.1 Å². The molecule has 5 heteroatoms. The molecule has 0 saturated heterocycles. The molecule has 0 N–H and O–H groups in total. The highest BCUT2D eigenvalue weighted by molar-refractivity contribution is 5.92. The number of rotatable bonds is 2. The summed E-state index contributed by atoms with van der Waals surface area (Å²) in [6, 6.07) is 13.4. The largest absolute Gasteiger partial charge is 0.454 e. The number of nitro groups is 1. The van der Waals surface area contributed by atoms with Crippen molar-refractivity contribution < 1.29 is 14.5 Å². The summed E-state index contributed by atoms with van der Waals surface area (Å²) in [5.41, 5.74) is 2.31. The van der Waals surface area contributed by atoms with E-state index in [1.54, 1.807) is 24.3 Å². The van der Waals surface area contributed by atoms with Crippen LogP contribution < -0.4 is 0 Å². The van der Waals surface area contributed by atoms with Gasteiger partial charge in [-0.2, -0.15) is 0 Å².